The second-order valence-electron chi connectivity index (χ2n) is 42.2. The average Bonchev–Trinajstić information content (AvgIpc) is 0.815. The predicted molar refractivity (Wildman–Crippen MR) is 504 cm³/mol. The zero-order chi connectivity index (χ0) is 81.9. The number of hydrogen-bond donors (Lipinski definition) is 0. The summed E-state index contributed by atoms with van der Waals surface area (Å²) in [5.41, 5.74) is 32.7. The minimum Gasteiger partial charge on any atom is -0.0561 e. The van der Waals surface area contributed by atoms with E-state index in [1.54, 1.807) is 0 Å². The van der Waals surface area contributed by atoms with Crippen molar-refractivity contribution >= 4 is 131 Å². The first-order valence-corrected chi connectivity index (χ1v) is 47.3. The van der Waals surface area contributed by atoms with Crippen LogP contribution in [0.1, 0.15) is 211 Å². The van der Waals surface area contributed by atoms with E-state index < -0.39 is 21.4 Å². The van der Waals surface area contributed by atoms with E-state index in [4.69, 9.17) is 0 Å². The maximum absolute atomic E-state index is 3.79. The smallest absolute Gasteiger partial charge is 0.0561 e. The molecule has 0 saturated heterocycles. The number of aromatic nitrogens is 3. The van der Waals surface area contributed by atoms with Crippen LogP contribution in [0.3, 0.4) is 0 Å². The van der Waals surface area contributed by atoms with Crippen molar-refractivity contribution in [2.45, 2.75) is 209 Å². The number of hydrogen-bond acceptors (Lipinski definition) is 2. The standard InChI is InChI=1S/C110H114N5.In/c1-103(2,3)74-43-49-93-94-50-44-75(104(4,5)6)62-100(94)113(99(93)61-74)86-39-31-37-84(65-86)111(82-33-27-25-28-34-82)88-67-89(112(83-35-29-26-30-36-83)85-38-32-40-87(66-85)114-101-63-76(105(7,8)9)45-51-95(101)96-52-46-77(64-102(96)114)106(10,11)12)69-90(68-88)115-97-57-70(72-53-78(107(13,14)15)59-79(54-72)108(16,17)18)41-47-91(97)92-48-42-71(58-98(92)115)73-55-80(109(19,20)21)60-81(56-73)110(22,23)24;/h25-36,39-66,68-69H,1-24H3;. The number of fused-ring (bicyclic) bond motifs is 13. The molecule has 13 aromatic carbocycles. The van der Waals surface area contributed by atoms with Crippen LogP contribution in [0, 0.1) is 0 Å². The molecule has 5 heterocycles. The second-order valence-corrected chi connectivity index (χ2v) is 49.8. The maximum atomic E-state index is 2.69. The molecule has 0 unspecified atom stereocenters. The Hall–Kier alpha value is -10.3. The molecule has 3 aromatic heterocycles. The molecule has 0 atom stereocenters. The van der Waals surface area contributed by atoms with Crippen LogP contribution in [0.5, 0.6) is 0 Å². The van der Waals surface area contributed by atoms with Gasteiger partial charge in [0.15, 0.2) is 0 Å². The summed E-state index contributed by atoms with van der Waals surface area (Å²) in [5, 5.41) is 7.50. The molecule has 0 saturated carbocycles. The molecule has 582 valence electrons. The summed E-state index contributed by atoms with van der Waals surface area (Å²) in [6, 6.07) is 102. The molecule has 0 N–H and O–H groups in total. The summed E-state index contributed by atoms with van der Waals surface area (Å²) in [4.78, 5) is 5.37. The molecule has 116 heavy (non-hydrogen) atoms. The Morgan fingerprint density at radius 2 is 0.448 bits per heavy atom. The SMILES string of the molecule is CC(C)(C)c1cc(-c2ccc3c4ccc(-c5cc(C(C)(C)C)cc(C(C)(C)C)c5)cc4n(-c4cc5[c]6c(c4)N(c4ccccc4)c4cc(-n7c8cc(C(C)(C)C)ccc8c8ccc(C(C)(C)C)cc87)cc[c]4[In]6[c]4ccc(-n6c7cc(C(C)(C)C)ccc7c7ccc(C(C)(C)C)cc76)cc4N5c4ccccc4)c3c2)cc(C(C)(C)C)c1. The molecule has 0 bridgehead atoms. The van der Waals surface area contributed by atoms with Gasteiger partial charge < -0.3 is 0 Å². The van der Waals surface area contributed by atoms with E-state index >= 15 is 0 Å². The van der Waals surface area contributed by atoms with E-state index in [0.29, 0.717) is 0 Å². The molecule has 16 aromatic rings. The zero-order valence-electron chi connectivity index (χ0n) is 73.1. The summed E-state index contributed by atoms with van der Waals surface area (Å²) in [6.45, 7) is 56.5. The van der Waals surface area contributed by atoms with Gasteiger partial charge in [-0.2, -0.15) is 0 Å². The average molecular weight is 1620 g/mol. The molecule has 0 fully saturated rings. The van der Waals surface area contributed by atoms with Gasteiger partial charge in [-0.15, -0.1) is 0 Å². The molecule has 0 spiro atoms. The predicted octanol–water partition coefficient (Wildman–Crippen LogP) is 28.8. The van der Waals surface area contributed by atoms with Crippen molar-refractivity contribution < 1.29 is 0 Å². The van der Waals surface area contributed by atoms with Crippen LogP contribution in [0.4, 0.5) is 34.1 Å². The molecule has 5 nitrogen and oxygen atoms in total. The zero-order valence-corrected chi connectivity index (χ0v) is 76.4. The molecule has 6 heteroatoms. The van der Waals surface area contributed by atoms with Gasteiger partial charge in [0.25, 0.3) is 0 Å². The van der Waals surface area contributed by atoms with Crippen molar-refractivity contribution in [2.24, 2.45) is 0 Å². The van der Waals surface area contributed by atoms with Gasteiger partial charge in [-0.25, -0.2) is 0 Å². The molecular weight excluding hydrogens is 1510 g/mol. The van der Waals surface area contributed by atoms with E-state index in [0.717, 1.165) is 28.4 Å². The number of rotatable bonds is 7. The van der Waals surface area contributed by atoms with Crippen LogP contribution in [0.2, 0.25) is 0 Å². The Kier molecular flexibility index (Phi) is 17.7. The third-order valence-corrected chi connectivity index (χ3v) is 35.3. The summed E-state index contributed by atoms with van der Waals surface area (Å²) in [7, 11) is 0. The van der Waals surface area contributed by atoms with Gasteiger partial charge in [-0.3, -0.25) is 0 Å². The van der Waals surface area contributed by atoms with Gasteiger partial charge in [0.05, 0.1) is 0 Å². The first kappa shape index (κ1) is 77.0. The van der Waals surface area contributed by atoms with E-state index in [1.807, 2.05) is 0 Å². The topological polar surface area (TPSA) is 21.3 Å². The van der Waals surface area contributed by atoms with E-state index in [-0.39, 0.29) is 43.3 Å². The van der Waals surface area contributed by atoms with Gasteiger partial charge in [0.2, 0.25) is 0 Å². The fourth-order valence-corrected chi connectivity index (χ4v) is 28.7. The summed E-state index contributed by atoms with van der Waals surface area (Å²) in [5.74, 6) is 0. The second kappa shape index (κ2) is 26.6. The Morgan fingerprint density at radius 3 is 0.733 bits per heavy atom. The van der Waals surface area contributed by atoms with Crippen LogP contribution in [0.25, 0.3) is 105 Å². The van der Waals surface area contributed by atoms with Crippen LogP contribution in [-0.2, 0) is 43.3 Å². The number of nitrogens with zero attached hydrogens (tertiary/aromatic N) is 5. The summed E-state index contributed by atoms with van der Waals surface area (Å²) < 4.78 is 12.3. The van der Waals surface area contributed by atoms with Gasteiger partial charge >= 0.3 is 619 Å². The minimum atomic E-state index is -3.79. The van der Waals surface area contributed by atoms with Crippen molar-refractivity contribution in [3.63, 3.8) is 0 Å². The third kappa shape index (κ3) is 13.0. The molecule has 0 amide bonds. The van der Waals surface area contributed by atoms with Crippen LogP contribution >= 0.6 is 0 Å². The minimum absolute atomic E-state index is 0.0754. The van der Waals surface area contributed by atoms with Crippen LogP contribution in [0.15, 0.2) is 255 Å². The first-order chi connectivity index (χ1) is 54.5. The van der Waals surface area contributed by atoms with Gasteiger partial charge in [0, 0.05) is 0 Å². The molecule has 0 radical (unpaired) electrons. The van der Waals surface area contributed by atoms with Crippen molar-refractivity contribution in [3.05, 3.63) is 299 Å². The van der Waals surface area contributed by atoms with Gasteiger partial charge in [-0.05, 0) is 0 Å². The molecular formula is C110H114InN5. The van der Waals surface area contributed by atoms with Crippen molar-refractivity contribution in [2.75, 3.05) is 9.80 Å². The molecule has 2 aliphatic rings. The fraction of sp³-hybridized carbons (Fsp3) is 0.291. The molecule has 2 aliphatic heterocycles. The Labute approximate surface area is 697 Å². The first-order valence-electron chi connectivity index (χ1n) is 42.3. The monoisotopic (exact) mass is 1620 g/mol. The van der Waals surface area contributed by atoms with Crippen molar-refractivity contribution in [1.82, 2.24) is 13.7 Å². The Morgan fingerprint density at radius 1 is 0.190 bits per heavy atom. The van der Waals surface area contributed by atoms with E-state index in [2.05, 4.69) is 444 Å². The fourth-order valence-electron chi connectivity index (χ4n) is 18.5. The normalized spacial score (nSPS) is 13.8. The summed E-state index contributed by atoms with van der Waals surface area (Å²) in [6.07, 6.45) is 0. The molecule has 0 aliphatic carbocycles. The third-order valence-electron chi connectivity index (χ3n) is 25.6. The quantitative estimate of drug-likeness (QED) is 0.159. The Bertz CT molecular complexity index is 6100. The van der Waals surface area contributed by atoms with Crippen LogP contribution in [-0.4, -0.2) is 35.1 Å². The Balaban J connectivity index is 0.993. The summed E-state index contributed by atoms with van der Waals surface area (Å²) >= 11 is -3.79. The number of anilines is 6. The van der Waals surface area contributed by atoms with Crippen LogP contribution < -0.4 is 19.8 Å². The van der Waals surface area contributed by atoms with Gasteiger partial charge in [0.1, 0.15) is 0 Å². The van der Waals surface area contributed by atoms with Gasteiger partial charge in [-0.1, -0.05) is 83.1 Å². The number of benzene rings is 13. The number of para-hydroxylation sites is 2. The van der Waals surface area contributed by atoms with E-state index in [9.17, 15) is 0 Å². The van der Waals surface area contributed by atoms with E-state index in [1.165, 1.54) is 165 Å². The van der Waals surface area contributed by atoms with Crippen molar-refractivity contribution in [3.8, 4) is 39.3 Å². The van der Waals surface area contributed by atoms with Crippen molar-refractivity contribution in [1.29, 1.82) is 0 Å². The molecule has 18 rings (SSSR count).